The third-order valence-corrected chi connectivity index (χ3v) is 9.29. The molecule has 0 radical (unpaired) electrons. The van der Waals surface area contributed by atoms with Gasteiger partial charge in [-0.05, 0) is 51.4 Å². The van der Waals surface area contributed by atoms with Crippen LogP contribution in [0.4, 0.5) is 0 Å². The van der Waals surface area contributed by atoms with Crippen molar-refractivity contribution in [2.75, 3.05) is 41.0 Å². The quantitative estimate of drug-likeness (QED) is 0.0293. The number of carboxylic acids is 1. The van der Waals surface area contributed by atoms with Crippen molar-refractivity contribution in [3.8, 4) is 0 Å². The van der Waals surface area contributed by atoms with Crippen LogP contribution in [0.1, 0.15) is 174 Å². The fourth-order valence-electron chi connectivity index (χ4n) is 6.03. The second-order valence-corrected chi connectivity index (χ2v) is 15.2. The lowest BCUT2D eigenvalue weighted by atomic mass is 10.0. The molecule has 0 saturated heterocycles. The summed E-state index contributed by atoms with van der Waals surface area (Å²) in [4.78, 5) is 36.7. The maximum atomic E-state index is 12.7. The summed E-state index contributed by atoms with van der Waals surface area (Å²) >= 11 is 0. The number of hydrogen-bond donors (Lipinski definition) is 1. The normalized spacial score (nSPS) is 13.3. The van der Waals surface area contributed by atoms with Gasteiger partial charge in [0.25, 0.3) is 0 Å². The number of rotatable bonds is 37. The smallest absolute Gasteiger partial charge is 0.362 e. The van der Waals surface area contributed by atoms with Crippen molar-refractivity contribution in [1.82, 2.24) is 0 Å². The molecule has 0 amide bonds. The molecule has 2 unspecified atom stereocenters. The maximum absolute atomic E-state index is 12.7. The Morgan fingerprint density at radius 3 is 1.67 bits per heavy atom. The van der Waals surface area contributed by atoms with Gasteiger partial charge < -0.3 is 23.8 Å². The molecule has 0 bridgehead atoms. The average molecular weight is 735 g/mol. The Balaban J connectivity index is 4.19. The van der Waals surface area contributed by atoms with Crippen molar-refractivity contribution in [3.05, 3.63) is 36.5 Å². The molecule has 8 heteroatoms. The summed E-state index contributed by atoms with van der Waals surface area (Å²) in [6, 6.07) is -0.616. The predicted octanol–water partition coefficient (Wildman–Crippen LogP) is 11.1. The molecule has 0 spiro atoms. The van der Waals surface area contributed by atoms with E-state index in [4.69, 9.17) is 14.2 Å². The maximum Gasteiger partial charge on any atom is 0.362 e. The standard InChI is InChI=1S/C44H79NO7/c1-6-8-10-12-14-15-16-17-18-19-20-21-22-23-24-25-26-27-29-31-33-35-43(47)52-40(38-50-37-36-41(44(48)49)45(3,4)5)39-51-42(46)34-32-30-28-13-11-9-7-2/h8,10,14-15,28,30,40-41H,6-7,9,11-13,16-27,29,31-39H2,1-5H3/p+1/b10-8+,15-14+,30-28+. The first kappa shape index (κ1) is 49.6. The van der Waals surface area contributed by atoms with E-state index in [-0.39, 0.29) is 42.7 Å². The molecule has 1 N–H and O–H groups in total. The number of allylic oxidation sites excluding steroid dienone is 6. The van der Waals surface area contributed by atoms with E-state index in [1.165, 1.54) is 89.9 Å². The summed E-state index contributed by atoms with van der Waals surface area (Å²) in [6.45, 7) is 4.53. The van der Waals surface area contributed by atoms with Crippen LogP contribution < -0.4 is 0 Å². The van der Waals surface area contributed by atoms with E-state index >= 15 is 0 Å². The fraction of sp³-hybridized carbons (Fsp3) is 0.795. The van der Waals surface area contributed by atoms with Crippen molar-refractivity contribution in [1.29, 1.82) is 0 Å². The summed E-state index contributed by atoms with van der Waals surface area (Å²) in [7, 11) is 5.51. The minimum absolute atomic E-state index is 0.0509. The molecule has 0 aromatic heterocycles. The molecule has 52 heavy (non-hydrogen) atoms. The molecule has 0 saturated carbocycles. The molecular weight excluding hydrogens is 654 g/mol. The first-order chi connectivity index (χ1) is 25.1. The van der Waals surface area contributed by atoms with Crippen LogP contribution in [0, 0.1) is 0 Å². The largest absolute Gasteiger partial charge is 0.477 e. The summed E-state index contributed by atoms with van der Waals surface area (Å²) in [5, 5.41) is 9.58. The number of carbonyl (C=O) groups excluding carboxylic acids is 2. The third kappa shape index (κ3) is 33.4. The summed E-state index contributed by atoms with van der Waals surface area (Å²) < 4.78 is 17.1. The zero-order valence-corrected chi connectivity index (χ0v) is 34.3. The van der Waals surface area contributed by atoms with Crippen LogP contribution in [-0.2, 0) is 28.6 Å². The van der Waals surface area contributed by atoms with Crippen LogP contribution in [0.25, 0.3) is 0 Å². The molecule has 0 fully saturated rings. The second kappa shape index (κ2) is 35.6. The van der Waals surface area contributed by atoms with Crippen LogP contribution in [-0.4, -0.2) is 80.6 Å². The Morgan fingerprint density at radius 2 is 1.12 bits per heavy atom. The molecule has 0 heterocycles. The predicted molar refractivity (Wildman–Crippen MR) is 215 cm³/mol. The van der Waals surface area contributed by atoms with Crippen molar-refractivity contribution in [3.63, 3.8) is 0 Å². The molecular formula is C44H80NO7+. The van der Waals surface area contributed by atoms with Gasteiger partial charge in [0.15, 0.2) is 12.1 Å². The molecule has 2 atom stereocenters. The van der Waals surface area contributed by atoms with Crippen LogP contribution in [0.5, 0.6) is 0 Å². The van der Waals surface area contributed by atoms with E-state index in [1.807, 2.05) is 27.2 Å². The van der Waals surface area contributed by atoms with Crippen LogP contribution >= 0.6 is 0 Å². The highest BCUT2D eigenvalue weighted by Crippen LogP contribution is 2.15. The summed E-state index contributed by atoms with van der Waals surface area (Å²) in [5.41, 5.74) is 0. The molecule has 0 aliphatic carbocycles. The number of nitrogens with zero attached hydrogens (tertiary/aromatic N) is 1. The number of esters is 2. The number of likely N-dealkylation sites (N-methyl/N-ethyl adjacent to an activating group) is 1. The van der Waals surface area contributed by atoms with Gasteiger partial charge in [-0.3, -0.25) is 9.59 Å². The molecule has 0 rings (SSSR count). The third-order valence-electron chi connectivity index (χ3n) is 9.29. The molecule has 0 aromatic carbocycles. The lowest BCUT2D eigenvalue weighted by Crippen LogP contribution is -2.50. The molecule has 0 aliphatic heterocycles. The minimum atomic E-state index is -0.880. The fourth-order valence-corrected chi connectivity index (χ4v) is 6.03. The first-order valence-electron chi connectivity index (χ1n) is 21.0. The zero-order chi connectivity index (χ0) is 38.5. The van der Waals surface area contributed by atoms with Gasteiger partial charge in [-0.2, -0.15) is 0 Å². The summed E-state index contributed by atoms with van der Waals surface area (Å²) in [5.74, 6) is -1.53. The van der Waals surface area contributed by atoms with Crippen molar-refractivity contribution in [2.45, 2.75) is 187 Å². The van der Waals surface area contributed by atoms with Gasteiger partial charge in [0.1, 0.15) is 6.61 Å². The number of quaternary nitrogens is 1. The Morgan fingerprint density at radius 1 is 0.596 bits per heavy atom. The molecule has 302 valence electrons. The van der Waals surface area contributed by atoms with E-state index in [2.05, 4.69) is 44.2 Å². The van der Waals surface area contributed by atoms with Gasteiger partial charge in [0.2, 0.25) is 0 Å². The monoisotopic (exact) mass is 735 g/mol. The van der Waals surface area contributed by atoms with Crippen LogP contribution in [0.15, 0.2) is 36.5 Å². The van der Waals surface area contributed by atoms with Crippen molar-refractivity contribution in [2.24, 2.45) is 0 Å². The first-order valence-corrected chi connectivity index (χ1v) is 21.0. The van der Waals surface area contributed by atoms with Gasteiger partial charge in [-0.15, -0.1) is 0 Å². The lowest BCUT2D eigenvalue weighted by Gasteiger charge is -2.31. The Hall–Kier alpha value is -2.45. The van der Waals surface area contributed by atoms with E-state index in [0.717, 1.165) is 44.9 Å². The van der Waals surface area contributed by atoms with E-state index in [1.54, 1.807) is 0 Å². The van der Waals surface area contributed by atoms with Gasteiger partial charge in [-0.25, -0.2) is 4.79 Å². The highest BCUT2D eigenvalue weighted by Gasteiger charge is 2.31. The van der Waals surface area contributed by atoms with Crippen molar-refractivity contribution < 1.29 is 38.2 Å². The number of carboxylic acid groups (broad SMARTS) is 1. The van der Waals surface area contributed by atoms with Gasteiger partial charge in [-0.1, -0.05) is 140 Å². The van der Waals surface area contributed by atoms with Gasteiger partial charge >= 0.3 is 17.9 Å². The Bertz CT molecular complexity index is 953. The molecule has 8 nitrogen and oxygen atoms in total. The van der Waals surface area contributed by atoms with Crippen LogP contribution in [0.3, 0.4) is 0 Å². The number of hydrogen-bond acceptors (Lipinski definition) is 6. The Labute approximate surface area is 319 Å². The lowest BCUT2D eigenvalue weighted by molar-refractivity contribution is -0.887. The number of unbranched alkanes of at least 4 members (excludes halogenated alkanes) is 17. The number of aliphatic carboxylic acids is 1. The SMILES string of the molecule is CC/C=C/C/C=C/CCCCCCCCCCCCCCCCC(=O)OC(COCCC(C(=O)O)[N+](C)(C)C)COC(=O)CC/C=C/CCCCC. The second-order valence-electron chi connectivity index (χ2n) is 15.2. The van der Waals surface area contributed by atoms with E-state index in [9.17, 15) is 19.5 Å². The molecule has 0 aromatic rings. The van der Waals surface area contributed by atoms with Gasteiger partial charge in [0, 0.05) is 19.3 Å². The van der Waals surface area contributed by atoms with Crippen LogP contribution in [0.2, 0.25) is 0 Å². The Kier molecular flexibility index (Phi) is 33.9. The molecule has 0 aliphatic rings. The van der Waals surface area contributed by atoms with Crippen molar-refractivity contribution >= 4 is 17.9 Å². The number of ether oxygens (including phenoxy) is 3. The van der Waals surface area contributed by atoms with E-state index < -0.39 is 18.1 Å². The highest BCUT2D eigenvalue weighted by molar-refractivity contribution is 5.72. The summed E-state index contributed by atoms with van der Waals surface area (Å²) in [6.07, 6.45) is 39.4. The average Bonchev–Trinajstić information content (AvgIpc) is 3.09. The number of carbonyl (C=O) groups is 3. The zero-order valence-electron chi connectivity index (χ0n) is 34.3. The highest BCUT2D eigenvalue weighted by atomic mass is 16.6. The van der Waals surface area contributed by atoms with Gasteiger partial charge in [0.05, 0.1) is 34.4 Å². The minimum Gasteiger partial charge on any atom is -0.477 e. The van der Waals surface area contributed by atoms with E-state index in [0.29, 0.717) is 19.3 Å². The topological polar surface area (TPSA) is 99.1 Å².